The number of aliphatic hydroxyl groups excluding tert-OH is 1. The number of aromatic nitrogens is 3. The zero-order valence-corrected chi connectivity index (χ0v) is 8.30. The summed E-state index contributed by atoms with van der Waals surface area (Å²) in [5.74, 6) is 0.814. The van der Waals surface area contributed by atoms with Crippen molar-refractivity contribution >= 4 is 0 Å². The first-order valence-corrected chi connectivity index (χ1v) is 4.25. The molecule has 0 radical (unpaired) electrons. The van der Waals surface area contributed by atoms with Gasteiger partial charge in [0.2, 0.25) is 0 Å². The van der Waals surface area contributed by atoms with Crippen LogP contribution in [0.3, 0.4) is 0 Å². The molecule has 0 saturated carbocycles. The third-order valence-electron chi connectivity index (χ3n) is 1.80. The van der Waals surface area contributed by atoms with Crippen LogP contribution in [0.5, 0.6) is 0 Å². The van der Waals surface area contributed by atoms with Crippen LogP contribution in [0.25, 0.3) is 0 Å². The predicted octanol–water partition coefficient (Wildman–Crippen LogP) is -0.720. The van der Waals surface area contributed by atoms with Crippen molar-refractivity contribution in [2.45, 2.75) is 12.5 Å². The molecular weight excluding hydrogens is 168 g/mol. The standard InChI is InChI=1S/C8H16N4O/c1-11(2)5-7(13)4-8-9-6-10-12(8)3/h6-7,13H,4-5H2,1-3H3. The molecule has 0 aromatic carbocycles. The van der Waals surface area contributed by atoms with Crippen molar-refractivity contribution in [1.82, 2.24) is 19.7 Å². The van der Waals surface area contributed by atoms with E-state index in [-0.39, 0.29) is 6.10 Å². The quantitative estimate of drug-likeness (QED) is 0.671. The smallest absolute Gasteiger partial charge is 0.138 e. The maximum Gasteiger partial charge on any atom is 0.138 e. The first-order chi connectivity index (χ1) is 6.09. The van der Waals surface area contributed by atoms with Crippen LogP contribution in [0.4, 0.5) is 0 Å². The number of aryl methyl sites for hydroxylation is 1. The molecule has 0 aliphatic heterocycles. The minimum absolute atomic E-state index is 0.377. The molecule has 1 rings (SSSR count). The summed E-state index contributed by atoms with van der Waals surface area (Å²) in [6, 6.07) is 0. The molecule has 1 N–H and O–H groups in total. The van der Waals surface area contributed by atoms with E-state index in [0.29, 0.717) is 13.0 Å². The van der Waals surface area contributed by atoms with Gasteiger partial charge in [0.25, 0.3) is 0 Å². The number of hydrogen-bond acceptors (Lipinski definition) is 4. The highest BCUT2D eigenvalue weighted by atomic mass is 16.3. The van der Waals surface area contributed by atoms with Crippen LogP contribution in [0, 0.1) is 0 Å². The molecule has 0 fully saturated rings. The van der Waals surface area contributed by atoms with Crippen molar-refractivity contribution in [1.29, 1.82) is 0 Å². The fourth-order valence-electron chi connectivity index (χ4n) is 1.20. The Morgan fingerprint density at radius 2 is 2.31 bits per heavy atom. The Labute approximate surface area is 78.0 Å². The molecule has 13 heavy (non-hydrogen) atoms. The van der Waals surface area contributed by atoms with Crippen molar-refractivity contribution in [3.05, 3.63) is 12.2 Å². The second-order valence-electron chi connectivity index (χ2n) is 3.42. The molecular formula is C8H16N4O. The third kappa shape index (κ3) is 3.12. The Morgan fingerprint density at radius 3 is 2.77 bits per heavy atom. The van der Waals surface area contributed by atoms with Crippen molar-refractivity contribution in [2.24, 2.45) is 7.05 Å². The second-order valence-corrected chi connectivity index (χ2v) is 3.42. The Balaban J connectivity index is 2.45. The lowest BCUT2D eigenvalue weighted by Gasteiger charge is -2.14. The lowest BCUT2D eigenvalue weighted by atomic mass is 10.2. The van der Waals surface area contributed by atoms with Crippen molar-refractivity contribution in [2.75, 3.05) is 20.6 Å². The van der Waals surface area contributed by atoms with Gasteiger partial charge < -0.3 is 10.0 Å². The van der Waals surface area contributed by atoms with Gasteiger partial charge in [0.15, 0.2) is 0 Å². The van der Waals surface area contributed by atoms with E-state index in [1.54, 1.807) is 4.68 Å². The van der Waals surface area contributed by atoms with Crippen LogP contribution in [-0.4, -0.2) is 51.5 Å². The molecule has 5 nitrogen and oxygen atoms in total. The Morgan fingerprint density at radius 1 is 1.62 bits per heavy atom. The molecule has 74 valence electrons. The molecule has 1 heterocycles. The van der Waals surface area contributed by atoms with Gasteiger partial charge in [-0.1, -0.05) is 0 Å². The fourth-order valence-corrected chi connectivity index (χ4v) is 1.20. The van der Waals surface area contributed by atoms with Crippen molar-refractivity contribution < 1.29 is 5.11 Å². The Hall–Kier alpha value is -0.940. The molecule has 0 amide bonds. The summed E-state index contributed by atoms with van der Waals surface area (Å²) in [5.41, 5.74) is 0. The highest BCUT2D eigenvalue weighted by molar-refractivity contribution is 4.86. The summed E-state index contributed by atoms with van der Waals surface area (Å²) in [5, 5.41) is 13.5. The van der Waals surface area contributed by atoms with Gasteiger partial charge in [-0.05, 0) is 14.1 Å². The van der Waals surface area contributed by atoms with Crippen LogP contribution in [0.1, 0.15) is 5.82 Å². The van der Waals surface area contributed by atoms with Gasteiger partial charge in [-0.3, -0.25) is 4.68 Å². The molecule has 1 aromatic heterocycles. The summed E-state index contributed by atoms with van der Waals surface area (Å²) in [4.78, 5) is 5.98. The van der Waals surface area contributed by atoms with Crippen LogP contribution < -0.4 is 0 Å². The number of nitrogens with zero attached hydrogens (tertiary/aromatic N) is 4. The topological polar surface area (TPSA) is 54.2 Å². The van der Waals surface area contributed by atoms with Gasteiger partial charge in [0.05, 0.1) is 6.10 Å². The molecule has 0 aliphatic carbocycles. The first kappa shape index (κ1) is 10.1. The van der Waals surface area contributed by atoms with Gasteiger partial charge in [-0.25, -0.2) is 4.98 Å². The lowest BCUT2D eigenvalue weighted by Crippen LogP contribution is -2.28. The minimum Gasteiger partial charge on any atom is -0.391 e. The van der Waals surface area contributed by atoms with Gasteiger partial charge in [-0.15, -0.1) is 0 Å². The monoisotopic (exact) mass is 184 g/mol. The van der Waals surface area contributed by atoms with Crippen LogP contribution in [0.2, 0.25) is 0 Å². The van der Waals surface area contributed by atoms with E-state index in [9.17, 15) is 5.11 Å². The normalized spacial score (nSPS) is 13.6. The number of aliphatic hydroxyl groups is 1. The van der Waals surface area contributed by atoms with Gasteiger partial charge in [-0.2, -0.15) is 5.10 Å². The summed E-state index contributed by atoms with van der Waals surface area (Å²) in [6.07, 6.45) is 1.67. The Bertz CT molecular complexity index is 258. The lowest BCUT2D eigenvalue weighted by molar-refractivity contribution is 0.134. The van der Waals surface area contributed by atoms with Gasteiger partial charge in [0, 0.05) is 20.0 Å². The van der Waals surface area contributed by atoms with Crippen molar-refractivity contribution in [3.63, 3.8) is 0 Å². The second kappa shape index (κ2) is 4.34. The molecule has 0 spiro atoms. The van der Waals surface area contributed by atoms with Crippen molar-refractivity contribution in [3.8, 4) is 0 Å². The molecule has 0 aliphatic rings. The number of hydrogen-bond donors (Lipinski definition) is 1. The van der Waals surface area contributed by atoms with Gasteiger partial charge >= 0.3 is 0 Å². The maximum absolute atomic E-state index is 9.59. The molecule has 0 saturated heterocycles. The first-order valence-electron chi connectivity index (χ1n) is 4.25. The predicted molar refractivity (Wildman–Crippen MR) is 49.3 cm³/mol. The zero-order chi connectivity index (χ0) is 9.84. The van der Waals surface area contributed by atoms with Crippen LogP contribution in [-0.2, 0) is 13.5 Å². The largest absolute Gasteiger partial charge is 0.391 e. The highest BCUT2D eigenvalue weighted by Crippen LogP contribution is 1.98. The molecule has 1 aromatic rings. The average Bonchev–Trinajstić information content (AvgIpc) is 2.34. The van der Waals surface area contributed by atoms with E-state index in [1.165, 1.54) is 6.33 Å². The SMILES string of the molecule is CN(C)CC(O)Cc1ncnn1C. The molecule has 1 unspecified atom stereocenters. The summed E-state index contributed by atoms with van der Waals surface area (Å²) < 4.78 is 1.68. The summed E-state index contributed by atoms with van der Waals surface area (Å²) >= 11 is 0. The maximum atomic E-state index is 9.59. The summed E-state index contributed by atoms with van der Waals surface area (Å²) in [6.45, 7) is 0.646. The average molecular weight is 184 g/mol. The molecule has 1 atom stereocenters. The molecule has 5 heteroatoms. The minimum atomic E-state index is -0.377. The van der Waals surface area contributed by atoms with Crippen LogP contribution >= 0.6 is 0 Å². The highest BCUT2D eigenvalue weighted by Gasteiger charge is 2.09. The third-order valence-corrected chi connectivity index (χ3v) is 1.80. The molecule has 0 bridgehead atoms. The van der Waals surface area contributed by atoms with E-state index < -0.39 is 0 Å². The zero-order valence-electron chi connectivity index (χ0n) is 8.30. The number of likely N-dealkylation sites (N-methyl/N-ethyl adjacent to an activating group) is 1. The van der Waals surface area contributed by atoms with E-state index in [4.69, 9.17) is 0 Å². The van der Waals surface area contributed by atoms with E-state index in [1.807, 2.05) is 26.0 Å². The summed E-state index contributed by atoms with van der Waals surface area (Å²) in [7, 11) is 5.69. The number of rotatable bonds is 4. The van der Waals surface area contributed by atoms with Gasteiger partial charge in [0.1, 0.15) is 12.2 Å². The van der Waals surface area contributed by atoms with E-state index >= 15 is 0 Å². The van der Waals surface area contributed by atoms with E-state index in [0.717, 1.165) is 5.82 Å². The fraction of sp³-hybridized carbons (Fsp3) is 0.750. The van der Waals surface area contributed by atoms with Crippen LogP contribution in [0.15, 0.2) is 6.33 Å². The Kier molecular flexibility index (Phi) is 3.39. The van der Waals surface area contributed by atoms with E-state index in [2.05, 4.69) is 10.1 Å².